The third-order valence-electron chi connectivity index (χ3n) is 4.37. The molecule has 1 amide bonds. The first-order valence-electron chi connectivity index (χ1n) is 8.42. The van der Waals surface area contributed by atoms with Gasteiger partial charge in [0.2, 0.25) is 0 Å². The Morgan fingerprint density at radius 2 is 1.56 bits per heavy atom. The van der Waals surface area contributed by atoms with Crippen LogP contribution in [-0.4, -0.2) is 13.2 Å². The number of benzene rings is 3. The summed E-state index contributed by atoms with van der Waals surface area (Å²) in [4.78, 5) is 20.0. The Hall–Kier alpha value is -3.18. The van der Waals surface area contributed by atoms with E-state index in [9.17, 15) is 4.79 Å². The number of halogens is 1. The lowest BCUT2D eigenvalue weighted by Crippen LogP contribution is -2.31. The molecule has 1 atom stereocenters. The zero-order valence-electron chi connectivity index (χ0n) is 14.6. The molecule has 0 spiro atoms. The van der Waals surface area contributed by atoms with Crippen LogP contribution in [0, 0.1) is 0 Å². The van der Waals surface area contributed by atoms with Gasteiger partial charge in [-0.2, -0.15) is 5.06 Å². The fraction of sp³-hybridized carbons (Fsp3) is 0.0952. The molecular formula is C21H17ClN2O3. The summed E-state index contributed by atoms with van der Waals surface area (Å²) in [6.45, 7) is 0. The highest BCUT2D eigenvalue weighted by Gasteiger charge is 2.42. The van der Waals surface area contributed by atoms with Gasteiger partial charge in [-0.1, -0.05) is 41.9 Å². The van der Waals surface area contributed by atoms with Gasteiger partial charge in [-0.15, -0.1) is 0 Å². The predicted octanol–water partition coefficient (Wildman–Crippen LogP) is 5.43. The van der Waals surface area contributed by atoms with E-state index >= 15 is 0 Å². The zero-order chi connectivity index (χ0) is 18.8. The summed E-state index contributed by atoms with van der Waals surface area (Å²) >= 11 is 6.01. The second-order valence-corrected chi connectivity index (χ2v) is 6.45. The molecule has 0 aliphatic carbocycles. The van der Waals surface area contributed by atoms with Gasteiger partial charge in [0, 0.05) is 10.7 Å². The van der Waals surface area contributed by atoms with Crippen molar-refractivity contribution in [3.63, 3.8) is 0 Å². The van der Waals surface area contributed by atoms with Crippen LogP contribution in [0.2, 0.25) is 5.02 Å². The molecule has 0 unspecified atom stereocenters. The SMILES string of the molecule is COc1ccc([C@@H]2N(c3ccc(Cl)cc3)OC(=O)N2c2ccccc2)cc1. The molecule has 6 heteroatoms. The second-order valence-electron chi connectivity index (χ2n) is 6.01. The Bertz CT molecular complexity index is 930. The lowest BCUT2D eigenvalue weighted by molar-refractivity contribution is 0.164. The molecule has 1 aliphatic heterocycles. The lowest BCUT2D eigenvalue weighted by Gasteiger charge is -2.27. The van der Waals surface area contributed by atoms with Crippen LogP contribution in [0.25, 0.3) is 0 Å². The number of amides is 1. The summed E-state index contributed by atoms with van der Waals surface area (Å²) in [5.41, 5.74) is 2.37. The average Bonchev–Trinajstić information content (AvgIpc) is 3.06. The number of carbonyl (C=O) groups excluding carboxylic acids is 1. The van der Waals surface area contributed by atoms with Crippen molar-refractivity contribution in [3.05, 3.63) is 89.4 Å². The summed E-state index contributed by atoms with van der Waals surface area (Å²) in [5, 5.41) is 2.21. The molecule has 0 N–H and O–H groups in total. The van der Waals surface area contributed by atoms with Gasteiger partial charge >= 0.3 is 6.09 Å². The van der Waals surface area contributed by atoms with Crippen LogP contribution in [0.4, 0.5) is 16.2 Å². The minimum atomic E-state index is -0.466. The van der Waals surface area contributed by atoms with Crippen molar-refractivity contribution < 1.29 is 14.4 Å². The number of para-hydroxylation sites is 1. The molecule has 1 saturated heterocycles. The van der Waals surface area contributed by atoms with Gasteiger partial charge in [0.05, 0.1) is 12.8 Å². The van der Waals surface area contributed by atoms with Gasteiger partial charge < -0.3 is 9.57 Å². The molecule has 3 aromatic carbocycles. The monoisotopic (exact) mass is 380 g/mol. The van der Waals surface area contributed by atoms with Crippen molar-refractivity contribution in [2.24, 2.45) is 0 Å². The van der Waals surface area contributed by atoms with E-state index in [2.05, 4.69) is 0 Å². The van der Waals surface area contributed by atoms with Gasteiger partial charge in [-0.05, 0) is 54.1 Å². The molecule has 3 aromatic rings. The Balaban J connectivity index is 1.80. The molecule has 1 fully saturated rings. The van der Waals surface area contributed by atoms with E-state index in [1.807, 2.05) is 66.7 Å². The quantitative estimate of drug-likeness (QED) is 0.605. The molecule has 0 radical (unpaired) electrons. The van der Waals surface area contributed by atoms with Crippen LogP contribution >= 0.6 is 11.6 Å². The normalized spacial score (nSPS) is 16.4. The van der Waals surface area contributed by atoms with E-state index in [1.54, 1.807) is 29.2 Å². The maximum atomic E-state index is 12.7. The van der Waals surface area contributed by atoms with Crippen molar-refractivity contribution in [1.29, 1.82) is 0 Å². The number of rotatable bonds is 4. The fourth-order valence-corrected chi connectivity index (χ4v) is 3.19. The largest absolute Gasteiger partial charge is 0.497 e. The first-order valence-corrected chi connectivity index (χ1v) is 8.80. The predicted molar refractivity (Wildman–Crippen MR) is 105 cm³/mol. The van der Waals surface area contributed by atoms with E-state index in [4.69, 9.17) is 21.2 Å². The van der Waals surface area contributed by atoms with E-state index in [0.717, 1.165) is 22.7 Å². The molecule has 0 bridgehead atoms. The third-order valence-corrected chi connectivity index (χ3v) is 4.62. The minimum Gasteiger partial charge on any atom is -0.497 e. The number of carbonyl (C=O) groups is 1. The third kappa shape index (κ3) is 3.29. The average molecular weight is 381 g/mol. The summed E-state index contributed by atoms with van der Waals surface area (Å²) in [7, 11) is 1.62. The summed E-state index contributed by atoms with van der Waals surface area (Å²) in [5.74, 6) is 0.744. The van der Waals surface area contributed by atoms with Crippen LogP contribution in [0.1, 0.15) is 11.7 Å². The Labute approximate surface area is 162 Å². The molecule has 0 saturated carbocycles. The van der Waals surface area contributed by atoms with Gasteiger partial charge in [0.1, 0.15) is 5.75 Å². The Morgan fingerprint density at radius 1 is 0.889 bits per heavy atom. The summed E-state index contributed by atoms with van der Waals surface area (Å²) in [6.07, 6.45) is -0.913. The van der Waals surface area contributed by atoms with Crippen molar-refractivity contribution in [2.75, 3.05) is 17.1 Å². The molecule has 0 aromatic heterocycles. The van der Waals surface area contributed by atoms with Crippen molar-refractivity contribution in [2.45, 2.75) is 6.17 Å². The van der Waals surface area contributed by atoms with Crippen LogP contribution in [0.3, 0.4) is 0 Å². The van der Waals surface area contributed by atoms with E-state index in [0.29, 0.717) is 5.02 Å². The second kappa shape index (κ2) is 7.21. The molecule has 5 nitrogen and oxygen atoms in total. The number of anilines is 2. The summed E-state index contributed by atoms with van der Waals surface area (Å²) in [6, 6.07) is 24.2. The van der Waals surface area contributed by atoms with E-state index < -0.39 is 12.3 Å². The number of hydrogen-bond acceptors (Lipinski definition) is 4. The highest BCUT2D eigenvalue weighted by molar-refractivity contribution is 6.30. The minimum absolute atomic E-state index is 0.447. The molecular weight excluding hydrogens is 364 g/mol. The Kier molecular flexibility index (Phi) is 4.60. The smallest absolute Gasteiger partial charge is 0.440 e. The van der Waals surface area contributed by atoms with Gasteiger partial charge in [0.15, 0.2) is 6.17 Å². The number of methoxy groups -OCH3 is 1. The van der Waals surface area contributed by atoms with Gasteiger partial charge in [-0.3, -0.25) is 0 Å². The first-order chi connectivity index (χ1) is 13.2. The molecule has 27 heavy (non-hydrogen) atoms. The van der Waals surface area contributed by atoms with Crippen LogP contribution in [0.15, 0.2) is 78.9 Å². The van der Waals surface area contributed by atoms with Crippen molar-refractivity contribution in [3.8, 4) is 5.75 Å². The van der Waals surface area contributed by atoms with Crippen molar-refractivity contribution in [1.82, 2.24) is 0 Å². The standard InChI is InChI=1S/C21H17ClN2O3/c1-26-19-13-7-15(8-14-19)20-23(17-5-3-2-4-6-17)21(25)27-24(20)18-11-9-16(22)10-12-18/h2-14,20H,1H3/t20-/m0/s1. The van der Waals surface area contributed by atoms with Crippen LogP contribution in [-0.2, 0) is 4.84 Å². The zero-order valence-corrected chi connectivity index (χ0v) is 15.3. The number of ether oxygens (including phenoxy) is 1. The van der Waals surface area contributed by atoms with Crippen LogP contribution < -0.4 is 14.7 Å². The molecule has 4 rings (SSSR count). The molecule has 136 valence electrons. The van der Waals surface area contributed by atoms with Crippen LogP contribution in [0.5, 0.6) is 5.75 Å². The topological polar surface area (TPSA) is 42.0 Å². The van der Waals surface area contributed by atoms with Crippen molar-refractivity contribution >= 4 is 29.1 Å². The fourth-order valence-electron chi connectivity index (χ4n) is 3.06. The number of hydrogen-bond donors (Lipinski definition) is 0. The molecule has 1 heterocycles. The van der Waals surface area contributed by atoms with Gasteiger partial charge in [0.25, 0.3) is 0 Å². The lowest BCUT2D eigenvalue weighted by atomic mass is 10.1. The summed E-state index contributed by atoms with van der Waals surface area (Å²) < 4.78 is 5.25. The maximum Gasteiger partial charge on any atom is 0.440 e. The molecule has 1 aliphatic rings. The number of nitrogens with zero attached hydrogens (tertiary/aromatic N) is 2. The van der Waals surface area contributed by atoms with Gasteiger partial charge in [-0.25, -0.2) is 9.69 Å². The Morgan fingerprint density at radius 3 is 2.19 bits per heavy atom. The highest BCUT2D eigenvalue weighted by atomic mass is 35.5. The van der Waals surface area contributed by atoms with E-state index in [1.165, 1.54) is 0 Å². The van der Waals surface area contributed by atoms with E-state index in [-0.39, 0.29) is 0 Å². The number of hydroxylamine groups is 1. The highest BCUT2D eigenvalue weighted by Crippen LogP contribution is 2.40. The maximum absolute atomic E-state index is 12.7. The first kappa shape index (κ1) is 17.2.